The fraction of sp³-hybridized carbons (Fsp3) is 0.333. The lowest BCUT2D eigenvalue weighted by molar-refractivity contribution is 0.219. The maximum atomic E-state index is 11.7. The Kier molecular flexibility index (Phi) is 4.10. The Morgan fingerprint density at radius 2 is 2.29 bits per heavy atom. The van der Waals surface area contributed by atoms with Gasteiger partial charge in [-0.25, -0.2) is 0 Å². The minimum Gasteiger partial charge on any atom is -0.398 e. The number of aliphatic hydroxyl groups is 1. The molecule has 0 radical (unpaired) electrons. The lowest BCUT2D eigenvalue weighted by Gasteiger charge is -2.07. The van der Waals surface area contributed by atoms with Gasteiger partial charge in [-0.05, 0) is 25.1 Å². The highest BCUT2D eigenvalue weighted by Crippen LogP contribution is 2.22. The summed E-state index contributed by atoms with van der Waals surface area (Å²) in [5.41, 5.74) is 6.16. The normalized spacial score (nSPS) is 15.1. The van der Waals surface area contributed by atoms with Gasteiger partial charge in [-0.2, -0.15) is 0 Å². The van der Waals surface area contributed by atoms with Gasteiger partial charge in [0, 0.05) is 10.2 Å². The second kappa shape index (κ2) is 4.91. The van der Waals surface area contributed by atoms with Crippen LogP contribution in [-0.4, -0.2) is 21.2 Å². The highest BCUT2D eigenvalue weighted by Gasteiger charge is 2.10. The largest absolute Gasteiger partial charge is 0.398 e. The maximum absolute atomic E-state index is 11.7. The highest BCUT2D eigenvalue weighted by atomic mass is 79.9. The molecule has 2 atom stereocenters. The van der Waals surface area contributed by atoms with Crippen LogP contribution in [0.25, 0.3) is 0 Å². The third-order valence-corrected chi connectivity index (χ3v) is 3.74. The zero-order valence-electron chi connectivity index (χ0n) is 7.74. The summed E-state index contributed by atoms with van der Waals surface area (Å²) in [5, 5.41) is 9.10. The number of nitrogen functional groups attached to an aromatic ring is 1. The standard InChI is InChI=1S/C9H12BrNO2S/c1-6(12)5-14(13)9-4-7(10)2-3-8(9)11/h2-4,6,12H,5,11H2,1H3. The van der Waals surface area contributed by atoms with Crippen molar-refractivity contribution in [3.63, 3.8) is 0 Å². The third-order valence-electron chi connectivity index (χ3n) is 1.61. The molecule has 2 unspecified atom stereocenters. The first-order valence-corrected chi connectivity index (χ1v) is 6.23. The number of benzene rings is 1. The SMILES string of the molecule is CC(O)CS(=O)c1cc(Br)ccc1N. The molecular weight excluding hydrogens is 266 g/mol. The van der Waals surface area contributed by atoms with Crippen LogP contribution < -0.4 is 5.73 Å². The Labute approximate surface area is 93.9 Å². The fourth-order valence-corrected chi connectivity index (χ4v) is 2.73. The van der Waals surface area contributed by atoms with Crippen molar-refractivity contribution in [1.82, 2.24) is 0 Å². The van der Waals surface area contributed by atoms with Gasteiger partial charge in [-0.1, -0.05) is 15.9 Å². The summed E-state index contributed by atoms with van der Waals surface area (Å²) in [6.07, 6.45) is -0.589. The Bertz CT molecular complexity index is 355. The van der Waals surface area contributed by atoms with Crippen LogP contribution in [0.15, 0.2) is 27.6 Å². The van der Waals surface area contributed by atoms with E-state index in [9.17, 15) is 4.21 Å². The third kappa shape index (κ3) is 3.08. The molecule has 0 aliphatic carbocycles. The van der Waals surface area contributed by atoms with Gasteiger partial charge in [-0.3, -0.25) is 4.21 Å². The van der Waals surface area contributed by atoms with Crippen LogP contribution in [0, 0.1) is 0 Å². The van der Waals surface area contributed by atoms with Crippen molar-refractivity contribution < 1.29 is 9.32 Å². The van der Waals surface area contributed by atoms with Gasteiger partial charge in [-0.15, -0.1) is 0 Å². The summed E-state index contributed by atoms with van der Waals surface area (Å²) in [6, 6.07) is 5.20. The minimum atomic E-state index is -1.24. The molecule has 0 amide bonds. The molecule has 1 aromatic rings. The molecule has 0 aromatic heterocycles. The molecule has 1 aromatic carbocycles. The monoisotopic (exact) mass is 277 g/mol. The van der Waals surface area contributed by atoms with Crippen molar-refractivity contribution in [2.24, 2.45) is 0 Å². The van der Waals surface area contributed by atoms with E-state index in [0.29, 0.717) is 10.6 Å². The number of rotatable bonds is 3. The van der Waals surface area contributed by atoms with Crippen molar-refractivity contribution in [2.45, 2.75) is 17.9 Å². The average Bonchev–Trinajstić information content (AvgIpc) is 2.08. The van der Waals surface area contributed by atoms with Crippen molar-refractivity contribution >= 4 is 32.4 Å². The van der Waals surface area contributed by atoms with E-state index in [4.69, 9.17) is 10.8 Å². The lowest BCUT2D eigenvalue weighted by Crippen LogP contribution is -2.13. The Balaban J connectivity index is 2.94. The quantitative estimate of drug-likeness (QED) is 0.824. The van der Waals surface area contributed by atoms with Crippen LogP contribution in [0.2, 0.25) is 0 Å². The molecule has 14 heavy (non-hydrogen) atoms. The van der Waals surface area contributed by atoms with E-state index in [1.165, 1.54) is 0 Å². The molecule has 0 fully saturated rings. The van der Waals surface area contributed by atoms with Crippen molar-refractivity contribution in [2.75, 3.05) is 11.5 Å². The van der Waals surface area contributed by atoms with Gasteiger partial charge >= 0.3 is 0 Å². The molecule has 3 N–H and O–H groups in total. The number of halogens is 1. The van der Waals surface area contributed by atoms with Gasteiger partial charge in [0.2, 0.25) is 0 Å². The van der Waals surface area contributed by atoms with Crippen LogP contribution in [0.3, 0.4) is 0 Å². The van der Waals surface area contributed by atoms with Crippen LogP contribution in [-0.2, 0) is 10.8 Å². The van der Waals surface area contributed by atoms with Crippen molar-refractivity contribution in [3.05, 3.63) is 22.7 Å². The Hall–Kier alpha value is -0.390. The summed E-state index contributed by atoms with van der Waals surface area (Å²) < 4.78 is 12.5. The van der Waals surface area contributed by atoms with Gasteiger partial charge in [0.05, 0.1) is 27.6 Å². The van der Waals surface area contributed by atoms with Crippen LogP contribution in [0.1, 0.15) is 6.92 Å². The van der Waals surface area contributed by atoms with E-state index in [0.717, 1.165) is 4.47 Å². The van der Waals surface area contributed by atoms with E-state index < -0.39 is 16.9 Å². The maximum Gasteiger partial charge on any atom is 0.0630 e. The zero-order chi connectivity index (χ0) is 10.7. The zero-order valence-corrected chi connectivity index (χ0v) is 10.1. The first-order valence-electron chi connectivity index (χ1n) is 4.12. The van der Waals surface area contributed by atoms with Crippen molar-refractivity contribution in [3.8, 4) is 0 Å². The number of anilines is 1. The molecule has 0 aliphatic rings. The minimum absolute atomic E-state index is 0.209. The predicted molar refractivity (Wildman–Crippen MR) is 61.5 cm³/mol. The molecule has 78 valence electrons. The van der Waals surface area contributed by atoms with Gasteiger partial charge in [0.15, 0.2) is 0 Å². The molecular formula is C9H12BrNO2S. The lowest BCUT2D eigenvalue weighted by atomic mass is 10.3. The molecule has 3 nitrogen and oxygen atoms in total. The second-order valence-corrected chi connectivity index (χ2v) is 5.42. The Morgan fingerprint density at radius 1 is 1.64 bits per heavy atom. The molecule has 0 saturated heterocycles. The van der Waals surface area contributed by atoms with E-state index in [2.05, 4.69) is 15.9 Å². The smallest absolute Gasteiger partial charge is 0.0630 e. The molecule has 0 heterocycles. The summed E-state index contributed by atoms with van der Waals surface area (Å²) in [7, 11) is -1.24. The number of hydrogen-bond acceptors (Lipinski definition) is 3. The number of aliphatic hydroxyl groups excluding tert-OH is 1. The highest BCUT2D eigenvalue weighted by molar-refractivity contribution is 9.10. The van der Waals surface area contributed by atoms with E-state index in [1.807, 2.05) is 0 Å². The molecule has 1 rings (SSSR count). The summed E-state index contributed by atoms with van der Waals surface area (Å²) in [6.45, 7) is 1.60. The molecule has 5 heteroatoms. The summed E-state index contributed by atoms with van der Waals surface area (Å²) in [4.78, 5) is 0.570. The summed E-state index contributed by atoms with van der Waals surface area (Å²) >= 11 is 3.28. The topological polar surface area (TPSA) is 63.3 Å². The first-order chi connectivity index (χ1) is 6.50. The van der Waals surface area contributed by atoms with E-state index in [1.54, 1.807) is 25.1 Å². The molecule has 0 bridgehead atoms. The van der Waals surface area contributed by atoms with E-state index in [-0.39, 0.29) is 5.75 Å². The van der Waals surface area contributed by atoms with Crippen LogP contribution in [0.5, 0.6) is 0 Å². The number of hydrogen-bond donors (Lipinski definition) is 2. The molecule has 0 spiro atoms. The number of nitrogens with two attached hydrogens (primary N) is 1. The average molecular weight is 278 g/mol. The van der Waals surface area contributed by atoms with Gasteiger partial charge < -0.3 is 10.8 Å². The first kappa shape index (κ1) is 11.7. The second-order valence-electron chi connectivity index (χ2n) is 3.04. The van der Waals surface area contributed by atoms with Gasteiger partial charge in [0.1, 0.15) is 0 Å². The molecule has 0 saturated carbocycles. The summed E-state index contributed by atoms with van der Waals surface area (Å²) in [5.74, 6) is 0.209. The van der Waals surface area contributed by atoms with Crippen LogP contribution >= 0.6 is 15.9 Å². The molecule has 0 aliphatic heterocycles. The predicted octanol–water partition coefficient (Wildman–Crippen LogP) is 1.52. The van der Waals surface area contributed by atoms with E-state index >= 15 is 0 Å². The van der Waals surface area contributed by atoms with Crippen molar-refractivity contribution in [1.29, 1.82) is 0 Å². The Morgan fingerprint density at radius 3 is 2.86 bits per heavy atom. The fourth-order valence-electron chi connectivity index (χ4n) is 1.01. The van der Waals surface area contributed by atoms with Crippen LogP contribution in [0.4, 0.5) is 5.69 Å². The van der Waals surface area contributed by atoms with Gasteiger partial charge in [0.25, 0.3) is 0 Å².